The largest absolute Gasteiger partial charge is 0.493 e. The summed E-state index contributed by atoms with van der Waals surface area (Å²) in [6, 6.07) is 5.99. The molecule has 0 saturated carbocycles. The van der Waals surface area contributed by atoms with Crippen LogP contribution >= 0.6 is 11.8 Å². The highest BCUT2D eigenvalue weighted by atomic mass is 32.2. The van der Waals surface area contributed by atoms with Crippen molar-refractivity contribution in [1.29, 1.82) is 0 Å². The third-order valence-corrected chi connectivity index (χ3v) is 5.40. The highest BCUT2D eigenvalue weighted by molar-refractivity contribution is 7.99. The summed E-state index contributed by atoms with van der Waals surface area (Å²) in [5.41, 5.74) is 1.17. The average Bonchev–Trinajstić information content (AvgIpc) is 2.64. The number of rotatable bonds is 11. The second-order valence-corrected chi connectivity index (χ2v) is 8.45. The summed E-state index contributed by atoms with van der Waals surface area (Å²) in [7, 11) is 1.65. The Kier molecular flexibility index (Phi) is 9.61. The number of hydrogen-bond donors (Lipinski definition) is 2. The average molecular weight is 383 g/mol. The fraction of sp³-hybridized carbons (Fsp3) is 0.700. The molecule has 26 heavy (non-hydrogen) atoms. The first-order valence-electron chi connectivity index (χ1n) is 9.57. The Balaban J connectivity index is 1.78. The predicted molar refractivity (Wildman–Crippen MR) is 109 cm³/mol. The Labute approximate surface area is 162 Å². The van der Waals surface area contributed by atoms with Crippen molar-refractivity contribution in [2.45, 2.75) is 32.9 Å². The fourth-order valence-corrected chi connectivity index (χ4v) is 3.86. The van der Waals surface area contributed by atoms with Crippen LogP contribution in [-0.2, 0) is 6.54 Å². The summed E-state index contributed by atoms with van der Waals surface area (Å²) < 4.78 is 11.3. The molecule has 1 aromatic carbocycles. The molecule has 1 saturated heterocycles. The number of benzene rings is 1. The molecule has 0 spiro atoms. The van der Waals surface area contributed by atoms with Crippen LogP contribution in [0, 0.1) is 5.92 Å². The standard InChI is InChI=1S/C20H34N2O3S/c1-16(2)6-7-21-13-17-4-5-19(20(12-17)24-3)25-15-18(23)14-22-8-10-26-11-9-22/h4-5,12,16,18,21,23H,6-11,13-15H2,1-3H3/t18-/m0/s1. The van der Waals surface area contributed by atoms with E-state index in [1.165, 1.54) is 12.0 Å². The number of ether oxygens (including phenoxy) is 2. The molecule has 0 bridgehead atoms. The molecule has 1 atom stereocenters. The van der Waals surface area contributed by atoms with E-state index in [1.54, 1.807) is 7.11 Å². The van der Waals surface area contributed by atoms with Crippen molar-refractivity contribution in [2.75, 3.05) is 51.4 Å². The lowest BCUT2D eigenvalue weighted by atomic mass is 10.1. The van der Waals surface area contributed by atoms with E-state index in [0.29, 0.717) is 18.2 Å². The molecule has 0 radical (unpaired) electrons. The van der Waals surface area contributed by atoms with Gasteiger partial charge in [0.25, 0.3) is 0 Å². The number of nitrogens with zero attached hydrogens (tertiary/aromatic N) is 1. The van der Waals surface area contributed by atoms with E-state index >= 15 is 0 Å². The van der Waals surface area contributed by atoms with E-state index in [4.69, 9.17) is 9.47 Å². The maximum absolute atomic E-state index is 10.2. The van der Waals surface area contributed by atoms with Crippen LogP contribution in [0.4, 0.5) is 0 Å². The van der Waals surface area contributed by atoms with Gasteiger partial charge in [-0.3, -0.25) is 4.90 Å². The normalized spacial score (nSPS) is 16.7. The molecule has 1 aliphatic heterocycles. The van der Waals surface area contributed by atoms with E-state index in [0.717, 1.165) is 43.4 Å². The van der Waals surface area contributed by atoms with Gasteiger partial charge in [-0.1, -0.05) is 19.9 Å². The first kappa shape index (κ1) is 21.4. The molecular weight excluding hydrogens is 348 g/mol. The lowest BCUT2D eigenvalue weighted by molar-refractivity contribution is 0.0705. The number of aliphatic hydroxyl groups excluding tert-OH is 1. The molecule has 0 aromatic heterocycles. The third kappa shape index (κ3) is 7.74. The van der Waals surface area contributed by atoms with E-state index in [9.17, 15) is 5.11 Å². The number of thioether (sulfide) groups is 1. The van der Waals surface area contributed by atoms with Crippen LogP contribution in [0.15, 0.2) is 18.2 Å². The van der Waals surface area contributed by atoms with Gasteiger partial charge in [0, 0.05) is 37.7 Å². The maximum Gasteiger partial charge on any atom is 0.161 e. The predicted octanol–water partition coefficient (Wildman–Crippen LogP) is 2.62. The smallest absolute Gasteiger partial charge is 0.161 e. The third-order valence-electron chi connectivity index (χ3n) is 4.46. The second-order valence-electron chi connectivity index (χ2n) is 7.22. The Hall–Kier alpha value is -0.950. The molecule has 148 valence electrons. The first-order valence-corrected chi connectivity index (χ1v) is 10.7. The number of aliphatic hydroxyl groups is 1. The fourth-order valence-electron chi connectivity index (χ4n) is 2.89. The van der Waals surface area contributed by atoms with Crippen molar-refractivity contribution in [1.82, 2.24) is 10.2 Å². The molecule has 1 heterocycles. The highest BCUT2D eigenvalue weighted by Crippen LogP contribution is 2.28. The summed E-state index contributed by atoms with van der Waals surface area (Å²) >= 11 is 1.97. The number of nitrogens with one attached hydrogen (secondary N) is 1. The van der Waals surface area contributed by atoms with Crippen molar-refractivity contribution >= 4 is 11.8 Å². The number of methoxy groups -OCH3 is 1. The monoisotopic (exact) mass is 382 g/mol. The van der Waals surface area contributed by atoms with Gasteiger partial charge in [0.15, 0.2) is 11.5 Å². The Bertz CT molecular complexity index is 522. The van der Waals surface area contributed by atoms with Crippen molar-refractivity contribution in [2.24, 2.45) is 5.92 Å². The molecule has 6 heteroatoms. The van der Waals surface area contributed by atoms with Gasteiger partial charge < -0.3 is 19.9 Å². The van der Waals surface area contributed by atoms with E-state index in [1.807, 2.05) is 23.9 Å². The minimum Gasteiger partial charge on any atom is -0.493 e. The van der Waals surface area contributed by atoms with E-state index < -0.39 is 6.10 Å². The van der Waals surface area contributed by atoms with Crippen LogP contribution in [0.5, 0.6) is 11.5 Å². The minimum atomic E-state index is -0.486. The van der Waals surface area contributed by atoms with Gasteiger partial charge in [-0.05, 0) is 36.6 Å². The van der Waals surface area contributed by atoms with E-state index in [-0.39, 0.29) is 6.61 Å². The quantitative estimate of drug-likeness (QED) is 0.574. The molecule has 2 rings (SSSR count). The van der Waals surface area contributed by atoms with Crippen LogP contribution in [0.1, 0.15) is 25.8 Å². The lowest BCUT2D eigenvalue weighted by Gasteiger charge is -2.28. The molecule has 1 aliphatic rings. The minimum absolute atomic E-state index is 0.284. The summed E-state index contributed by atoms with van der Waals surface area (Å²) in [4.78, 5) is 2.30. The topological polar surface area (TPSA) is 54.0 Å². The van der Waals surface area contributed by atoms with Crippen molar-refractivity contribution in [3.05, 3.63) is 23.8 Å². The van der Waals surface area contributed by atoms with Crippen LogP contribution in [0.25, 0.3) is 0 Å². The van der Waals surface area contributed by atoms with Gasteiger partial charge in [0.1, 0.15) is 12.7 Å². The van der Waals surface area contributed by atoms with Gasteiger partial charge in [-0.25, -0.2) is 0 Å². The summed E-state index contributed by atoms with van der Waals surface area (Å²) in [5, 5.41) is 13.7. The zero-order valence-electron chi connectivity index (χ0n) is 16.4. The molecule has 0 amide bonds. The van der Waals surface area contributed by atoms with Crippen molar-refractivity contribution in [3.8, 4) is 11.5 Å². The maximum atomic E-state index is 10.2. The molecule has 5 nitrogen and oxygen atoms in total. The zero-order chi connectivity index (χ0) is 18.8. The SMILES string of the molecule is COc1cc(CNCCC(C)C)ccc1OC[C@@H](O)CN1CCSCC1. The summed E-state index contributed by atoms with van der Waals surface area (Å²) in [6.07, 6.45) is 0.687. The van der Waals surface area contributed by atoms with Crippen LogP contribution < -0.4 is 14.8 Å². The van der Waals surface area contributed by atoms with Crippen LogP contribution in [0.2, 0.25) is 0 Å². The highest BCUT2D eigenvalue weighted by Gasteiger charge is 2.16. The molecule has 1 aromatic rings. The van der Waals surface area contributed by atoms with Gasteiger partial charge in [0.2, 0.25) is 0 Å². The Morgan fingerprint density at radius 1 is 1.23 bits per heavy atom. The van der Waals surface area contributed by atoms with Crippen molar-refractivity contribution in [3.63, 3.8) is 0 Å². The number of hydrogen-bond acceptors (Lipinski definition) is 6. The van der Waals surface area contributed by atoms with Gasteiger partial charge in [-0.15, -0.1) is 0 Å². The zero-order valence-corrected chi connectivity index (χ0v) is 17.2. The lowest BCUT2D eigenvalue weighted by Crippen LogP contribution is -2.40. The molecule has 0 unspecified atom stereocenters. The molecule has 0 aliphatic carbocycles. The number of β-amino-alcohol motifs (C(OH)–C–C–N with tert-alkyl or cyclic N) is 1. The van der Waals surface area contributed by atoms with Gasteiger partial charge >= 0.3 is 0 Å². The van der Waals surface area contributed by atoms with Crippen molar-refractivity contribution < 1.29 is 14.6 Å². The van der Waals surface area contributed by atoms with E-state index in [2.05, 4.69) is 30.1 Å². The molecule has 2 N–H and O–H groups in total. The summed E-state index contributed by atoms with van der Waals surface area (Å²) in [6.45, 7) is 9.34. The molecular formula is C20H34N2O3S. The van der Waals surface area contributed by atoms with Crippen LogP contribution in [0.3, 0.4) is 0 Å². The van der Waals surface area contributed by atoms with Gasteiger partial charge in [0.05, 0.1) is 7.11 Å². The Morgan fingerprint density at radius 2 is 2.00 bits per heavy atom. The molecule has 1 fully saturated rings. The Morgan fingerprint density at radius 3 is 2.69 bits per heavy atom. The first-order chi connectivity index (χ1) is 12.6. The summed E-state index contributed by atoms with van der Waals surface area (Å²) in [5.74, 6) is 4.41. The van der Waals surface area contributed by atoms with Crippen LogP contribution in [-0.4, -0.2) is 67.5 Å². The second kappa shape index (κ2) is 11.7. The van der Waals surface area contributed by atoms with Gasteiger partial charge in [-0.2, -0.15) is 11.8 Å².